The Labute approximate surface area is 169 Å². The highest BCUT2D eigenvalue weighted by Gasteiger charge is 2.26. The van der Waals surface area contributed by atoms with Gasteiger partial charge in [0.15, 0.2) is 17.0 Å². The number of fused-ring (bicyclic) bond motifs is 1. The summed E-state index contributed by atoms with van der Waals surface area (Å²) in [5.41, 5.74) is 8.86. The maximum atomic E-state index is 6.04. The molecule has 2 aliphatic heterocycles. The van der Waals surface area contributed by atoms with E-state index >= 15 is 0 Å². The first-order valence-electron chi connectivity index (χ1n) is 10.3. The molecule has 2 saturated heterocycles. The highest BCUT2D eigenvalue weighted by atomic mass is 16.5. The molecule has 29 heavy (non-hydrogen) atoms. The Morgan fingerprint density at radius 1 is 1.00 bits per heavy atom. The summed E-state index contributed by atoms with van der Waals surface area (Å²) in [7, 11) is 0. The van der Waals surface area contributed by atoms with Crippen LogP contribution in [-0.2, 0) is 11.3 Å². The van der Waals surface area contributed by atoms with Crippen molar-refractivity contribution in [3.8, 4) is 0 Å². The van der Waals surface area contributed by atoms with Gasteiger partial charge in [-0.2, -0.15) is 9.97 Å². The number of ether oxygens (including phenoxy) is 1. The van der Waals surface area contributed by atoms with Crippen LogP contribution in [0.5, 0.6) is 0 Å². The Balaban J connectivity index is 1.34. The number of hydrogen-bond acceptors (Lipinski definition) is 8. The van der Waals surface area contributed by atoms with Gasteiger partial charge in [0, 0.05) is 32.7 Å². The Bertz CT molecular complexity index is 961. The van der Waals surface area contributed by atoms with E-state index in [2.05, 4.69) is 60.4 Å². The summed E-state index contributed by atoms with van der Waals surface area (Å²) in [5.74, 6) is 1.03. The molecule has 0 atom stereocenters. The summed E-state index contributed by atoms with van der Waals surface area (Å²) in [6, 6.07) is 10.9. The van der Waals surface area contributed by atoms with Crippen LogP contribution in [0.1, 0.15) is 24.4 Å². The normalized spacial score (nSPS) is 19.1. The van der Waals surface area contributed by atoms with Gasteiger partial charge in [-0.25, -0.2) is 4.68 Å². The minimum absolute atomic E-state index is 0.268. The van der Waals surface area contributed by atoms with Gasteiger partial charge in [0.2, 0.25) is 5.95 Å². The predicted octanol–water partition coefficient (Wildman–Crippen LogP) is 1.48. The molecule has 0 aliphatic carbocycles. The summed E-state index contributed by atoms with van der Waals surface area (Å²) in [6.07, 6.45) is 2.03. The highest BCUT2D eigenvalue weighted by molar-refractivity contribution is 5.84. The third-order valence-electron chi connectivity index (χ3n) is 5.79. The Kier molecular flexibility index (Phi) is 4.99. The van der Waals surface area contributed by atoms with Gasteiger partial charge in [-0.3, -0.25) is 4.90 Å². The molecule has 0 radical (unpaired) electrons. The molecule has 0 unspecified atom stereocenters. The number of nitrogen functional groups attached to an aromatic ring is 1. The van der Waals surface area contributed by atoms with Gasteiger partial charge in [-0.1, -0.05) is 35.5 Å². The standard InChI is InChI=1S/C20H26N8O/c21-20-22-18(27-10-12-29-13-11-27)17-19(23-20)28(25-24-17)16-6-8-26(9-7-16)14-15-4-2-1-3-5-15/h1-5,16H,6-14H2,(H2,21,22,23). The molecule has 0 amide bonds. The number of benzene rings is 1. The fourth-order valence-corrected chi connectivity index (χ4v) is 4.24. The third kappa shape index (κ3) is 3.75. The maximum absolute atomic E-state index is 6.04. The molecule has 2 aliphatic rings. The van der Waals surface area contributed by atoms with Crippen molar-refractivity contribution in [2.45, 2.75) is 25.4 Å². The molecule has 9 nitrogen and oxygen atoms in total. The molecule has 152 valence electrons. The molecule has 2 aromatic heterocycles. The van der Waals surface area contributed by atoms with Crippen LogP contribution < -0.4 is 10.6 Å². The highest BCUT2D eigenvalue weighted by Crippen LogP contribution is 2.29. The molecular formula is C20H26N8O. The zero-order valence-corrected chi connectivity index (χ0v) is 16.4. The number of nitrogens with zero attached hydrogens (tertiary/aromatic N) is 7. The van der Waals surface area contributed by atoms with Crippen LogP contribution in [0.4, 0.5) is 11.8 Å². The second-order valence-corrected chi connectivity index (χ2v) is 7.70. The van der Waals surface area contributed by atoms with Gasteiger partial charge in [0.05, 0.1) is 19.3 Å². The second kappa shape index (κ2) is 7.92. The minimum Gasteiger partial charge on any atom is -0.378 e. The van der Waals surface area contributed by atoms with Crippen molar-refractivity contribution in [3.05, 3.63) is 35.9 Å². The molecule has 9 heteroatoms. The van der Waals surface area contributed by atoms with Gasteiger partial charge in [0.1, 0.15) is 0 Å². The van der Waals surface area contributed by atoms with Crippen molar-refractivity contribution in [1.82, 2.24) is 29.9 Å². The first kappa shape index (κ1) is 18.3. The van der Waals surface area contributed by atoms with Gasteiger partial charge in [-0.15, -0.1) is 5.10 Å². The summed E-state index contributed by atoms with van der Waals surface area (Å²) in [5, 5.41) is 8.89. The quantitative estimate of drug-likeness (QED) is 0.710. The minimum atomic E-state index is 0.268. The Morgan fingerprint density at radius 2 is 1.76 bits per heavy atom. The fourth-order valence-electron chi connectivity index (χ4n) is 4.24. The largest absolute Gasteiger partial charge is 0.378 e. The molecule has 3 aromatic rings. The average molecular weight is 394 g/mol. The van der Waals surface area contributed by atoms with Gasteiger partial charge in [-0.05, 0) is 18.4 Å². The zero-order valence-electron chi connectivity index (χ0n) is 16.4. The molecule has 1 aromatic carbocycles. The van der Waals surface area contributed by atoms with Crippen LogP contribution in [0.15, 0.2) is 30.3 Å². The molecule has 0 saturated carbocycles. The Hall–Kier alpha value is -2.78. The molecule has 4 heterocycles. The monoisotopic (exact) mass is 394 g/mol. The lowest BCUT2D eigenvalue weighted by Gasteiger charge is -2.32. The van der Waals surface area contributed by atoms with E-state index in [-0.39, 0.29) is 12.0 Å². The third-order valence-corrected chi connectivity index (χ3v) is 5.79. The number of hydrogen-bond donors (Lipinski definition) is 1. The number of morpholine rings is 1. The number of nitrogens with two attached hydrogens (primary N) is 1. The van der Waals surface area contributed by atoms with Crippen LogP contribution in [-0.4, -0.2) is 69.3 Å². The SMILES string of the molecule is Nc1nc(N2CCOCC2)c2nnn(C3CCN(Cc4ccccc4)CC3)c2n1. The maximum Gasteiger partial charge on any atom is 0.224 e. The van der Waals surface area contributed by atoms with E-state index in [1.165, 1.54) is 5.56 Å². The van der Waals surface area contributed by atoms with E-state index in [4.69, 9.17) is 10.5 Å². The first-order chi connectivity index (χ1) is 14.3. The number of aromatic nitrogens is 5. The first-order valence-corrected chi connectivity index (χ1v) is 10.3. The summed E-state index contributed by atoms with van der Waals surface area (Å²) in [4.78, 5) is 13.6. The second-order valence-electron chi connectivity index (χ2n) is 7.70. The van der Waals surface area contributed by atoms with Crippen molar-refractivity contribution in [2.24, 2.45) is 0 Å². The van der Waals surface area contributed by atoms with Crippen LogP contribution in [0.3, 0.4) is 0 Å². The van der Waals surface area contributed by atoms with Crippen LogP contribution in [0.2, 0.25) is 0 Å². The predicted molar refractivity (Wildman–Crippen MR) is 111 cm³/mol. The summed E-state index contributed by atoms with van der Waals surface area (Å²) in [6.45, 7) is 5.95. The topological polar surface area (TPSA) is 98.2 Å². The van der Waals surface area contributed by atoms with E-state index in [9.17, 15) is 0 Å². The average Bonchev–Trinajstić information content (AvgIpc) is 3.19. The molecule has 2 N–H and O–H groups in total. The van der Waals surface area contributed by atoms with E-state index in [0.717, 1.165) is 62.5 Å². The van der Waals surface area contributed by atoms with Gasteiger partial charge < -0.3 is 15.4 Å². The van der Waals surface area contributed by atoms with E-state index in [0.29, 0.717) is 13.2 Å². The smallest absolute Gasteiger partial charge is 0.224 e. The zero-order chi connectivity index (χ0) is 19.6. The van der Waals surface area contributed by atoms with Gasteiger partial charge in [0.25, 0.3) is 0 Å². The molecule has 2 fully saturated rings. The van der Waals surface area contributed by atoms with Crippen molar-refractivity contribution in [2.75, 3.05) is 50.0 Å². The number of likely N-dealkylation sites (tertiary alicyclic amines) is 1. The Morgan fingerprint density at radius 3 is 2.52 bits per heavy atom. The lowest BCUT2D eigenvalue weighted by atomic mass is 10.0. The van der Waals surface area contributed by atoms with Crippen LogP contribution in [0.25, 0.3) is 11.2 Å². The van der Waals surface area contributed by atoms with E-state index < -0.39 is 0 Å². The summed E-state index contributed by atoms with van der Waals surface area (Å²) >= 11 is 0. The van der Waals surface area contributed by atoms with Crippen molar-refractivity contribution in [1.29, 1.82) is 0 Å². The number of piperidine rings is 1. The molecule has 0 bridgehead atoms. The van der Waals surface area contributed by atoms with E-state index in [1.807, 2.05) is 4.68 Å². The van der Waals surface area contributed by atoms with Crippen molar-refractivity contribution < 1.29 is 4.74 Å². The number of anilines is 2. The fraction of sp³-hybridized carbons (Fsp3) is 0.500. The molecule has 5 rings (SSSR count). The lowest BCUT2D eigenvalue weighted by Crippen LogP contribution is -2.37. The van der Waals surface area contributed by atoms with Crippen LogP contribution in [0, 0.1) is 0 Å². The molecular weight excluding hydrogens is 368 g/mol. The molecule has 0 spiro atoms. The van der Waals surface area contributed by atoms with Crippen molar-refractivity contribution >= 4 is 22.9 Å². The van der Waals surface area contributed by atoms with Gasteiger partial charge >= 0.3 is 0 Å². The van der Waals surface area contributed by atoms with E-state index in [1.54, 1.807) is 0 Å². The lowest BCUT2D eigenvalue weighted by molar-refractivity contribution is 0.122. The number of rotatable bonds is 4. The van der Waals surface area contributed by atoms with Crippen molar-refractivity contribution in [3.63, 3.8) is 0 Å². The summed E-state index contributed by atoms with van der Waals surface area (Å²) < 4.78 is 7.41. The van der Waals surface area contributed by atoms with Crippen LogP contribution >= 0.6 is 0 Å².